The highest BCUT2D eigenvalue weighted by Crippen LogP contribution is 2.14. The molecule has 0 heterocycles. The van der Waals surface area contributed by atoms with Crippen LogP contribution >= 0.6 is 10.8 Å². The first-order valence-corrected chi connectivity index (χ1v) is 6.50. The van der Waals surface area contributed by atoms with Gasteiger partial charge >= 0.3 is 9.15 Å². The van der Waals surface area contributed by atoms with Gasteiger partial charge in [-0.05, 0) is 17.2 Å². The summed E-state index contributed by atoms with van der Waals surface area (Å²) in [6.07, 6.45) is 0.612. The molecule has 0 aromatic rings. The predicted molar refractivity (Wildman–Crippen MR) is 53.9 cm³/mol. The number of guanidine groups is 1. The molecule has 0 bridgehead atoms. The van der Waals surface area contributed by atoms with Crippen molar-refractivity contribution >= 4 is 25.9 Å². The highest BCUT2D eigenvalue weighted by Gasteiger charge is 2.11. The van der Waals surface area contributed by atoms with E-state index in [2.05, 4.69) is 4.99 Å². The third-order valence-electron chi connectivity index (χ3n) is 1.21. The molecule has 0 radical (unpaired) electrons. The Morgan fingerprint density at radius 1 is 1.62 bits per heavy atom. The summed E-state index contributed by atoms with van der Waals surface area (Å²) in [5.74, 6) is 0.0653. The predicted octanol–water partition coefficient (Wildman–Crippen LogP) is -0.426. The molecular formula is C5H13N3O3S2. The molecule has 1 unspecified atom stereocenters. The van der Waals surface area contributed by atoms with Crippen LogP contribution in [0.25, 0.3) is 0 Å². The van der Waals surface area contributed by atoms with Crippen LogP contribution in [0.5, 0.6) is 0 Å². The van der Waals surface area contributed by atoms with Crippen molar-refractivity contribution < 1.29 is 13.0 Å². The van der Waals surface area contributed by atoms with Gasteiger partial charge < -0.3 is 11.5 Å². The smallest absolute Gasteiger partial charge is 0.319 e. The van der Waals surface area contributed by atoms with Crippen LogP contribution in [0.3, 0.4) is 0 Å². The summed E-state index contributed by atoms with van der Waals surface area (Å²) in [6.45, 7) is 1.82. The van der Waals surface area contributed by atoms with E-state index in [1.54, 1.807) is 0 Å². The van der Waals surface area contributed by atoms with E-state index in [4.69, 9.17) is 16.0 Å². The molecule has 6 nitrogen and oxygen atoms in total. The van der Waals surface area contributed by atoms with E-state index in [1.165, 1.54) is 0 Å². The Bertz CT molecular complexity index is 271. The zero-order chi connectivity index (χ0) is 10.5. The van der Waals surface area contributed by atoms with Gasteiger partial charge in [-0.2, -0.15) is 8.42 Å². The highest BCUT2D eigenvalue weighted by molar-refractivity contribution is 8.69. The Labute approximate surface area is 80.9 Å². The van der Waals surface area contributed by atoms with Gasteiger partial charge in [0.2, 0.25) is 0 Å². The molecule has 5 N–H and O–H groups in total. The normalized spacial score (nSPS) is 13.7. The lowest BCUT2D eigenvalue weighted by molar-refractivity contribution is 0.502. The second-order valence-electron chi connectivity index (χ2n) is 2.33. The standard InChI is InChI=1S/C5H13N3O3S2/c1-2-4(8-5(6)7)3-12-13(9,10)11/h4H,2-3H2,1H3,(H4,6,7,8)(H,9,10,11). The fourth-order valence-corrected chi connectivity index (χ4v) is 2.25. The first-order valence-electron chi connectivity index (χ1n) is 3.55. The van der Waals surface area contributed by atoms with Crippen molar-refractivity contribution in [3.8, 4) is 0 Å². The monoisotopic (exact) mass is 227 g/mol. The zero-order valence-electron chi connectivity index (χ0n) is 7.17. The Kier molecular flexibility index (Phi) is 5.11. The Morgan fingerprint density at radius 3 is 2.46 bits per heavy atom. The number of hydrogen-bond donors (Lipinski definition) is 3. The highest BCUT2D eigenvalue weighted by atomic mass is 33.1. The molecule has 0 aromatic heterocycles. The van der Waals surface area contributed by atoms with Gasteiger partial charge in [0.25, 0.3) is 0 Å². The van der Waals surface area contributed by atoms with Crippen molar-refractivity contribution in [1.29, 1.82) is 0 Å². The second kappa shape index (κ2) is 5.30. The van der Waals surface area contributed by atoms with E-state index in [-0.39, 0.29) is 17.8 Å². The van der Waals surface area contributed by atoms with Gasteiger partial charge in [-0.25, -0.2) is 4.99 Å². The largest absolute Gasteiger partial charge is 0.370 e. The molecule has 0 fully saturated rings. The molecule has 0 saturated carbocycles. The van der Waals surface area contributed by atoms with Crippen molar-refractivity contribution in [3.05, 3.63) is 0 Å². The van der Waals surface area contributed by atoms with E-state index in [9.17, 15) is 8.42 Å². The van der Waals surface area contributed by atoms with E-state index in [0.29, 0.717) is 17.2 Å². The molecule has 0 spiro atoms. The van der Waals surface area contributed by atoms with E-state index < -0.39 is 9.15 Å². The maximum absolute atomic E-state index is 10.3. The summed E-state index contributed by atoms with van der Waals surface area (Å²) in [7, 11) is -3.58. The molecule has 0 aliphatic carbocycles. The summed E-state index contributed by atoms with van der Waals surface area (Å²) in [4.78, 5) is 3.77. The molecule has 13 heavy (non-hydrogen) atoms. The topological polar surface area (TPSA) is 119 Å². The SMILES string of the molecule is CCC(CSS(=O)(=O)O)N=C(N)N. The Hall–Kier alpha value is -0.470. The second-order valence-corrected chi connectivity index (χ2v) is 5.72. The molecule has 1 atom stereocenters. The molecule has 78 valence electrons. The average Bonchev–Trinajstić information content (AvgIpc) is 1.95. The molecule has 0 aromatic carbocycles. The molecular weight excluding hydrogens is 214 g/mol. The lowest BCUT2D eigenvalue weighted by Gasteiger charge is -2.07. The minimum atomic E-state index is -4.00. The molecule has 0 aliphatic heterocycles. The van der Waals surface area contributed by atoms with Crippen LogP contribution in [0.2, 0.25) is 0 Å². The third-order valence-corrected chi connectivity index (χ3v) is 3.33. The van der Waals surface area contributed by atoms with Crippen molar-refractivity contribution in [1.82, 2.24) is 0 Å². The summed E-state index contributed by atoms with van der Waals surface area (Å²) >= 11 is 0. The van der Waals surface area contributed by atoms with Gasteiger partial charge in [-0.1, -0.05) is 6.92 Å². The maximum atomic E-state index is 10.3. The van der Waals surface area contributed by atoms with E-state index >= 15 is 0 Å². The zero-order valence-corrected chi connectivity index (χ0v) is 8.81. The molecule has 0 amide bonds. The van der Waals surface area contributed by atoms with Crippen molar-refractivity contribution in [2.75, 3.05) is 5.75 Å². The van der Waals surface area contributed by atoms with Crippen LogP contribution in [0.1, 0.15) is 13.3 Å². The average molecular weight is 227 g/mol. The number of aliphatic imine (C=N–C) groups is 1. The fraction of sp³-hybridized carbons (Fsp3) is 0.800. The van der Waals surface area contributed by atoms with Crippen LogP contribution in [-0.4, -0.2) is 30.7 Å². The quantitative estimate of drug-likeness (QED) is 0.254. The molecule has 0 saturated heterocycles. The summed E-state index contributed by atoms with van der Waals surface area (Å²) in [5.41, 5.74) is 10.2. The molecule has 0 aliphatic rings. The van der Waals surface area contributed by atoms with Crippen LogP contribution in [0.4, 0.5) is 0 Å². The van der Waals surface area contributed by atoms with Crippen LogP contribution < -0.4 is 11.5 Å². The van der Waals surface area contributed by atoms with Gasteiger partial charge in [0, 0.05) is 5.75 Å². The molecule has 8 heteroatoms. The number of nitrogens with two attached hydrogens (primary N) is 2. The molecule has 0 rings (SSSR count). The first kappa shape index (κ1) is 12.5. The summed E-state index contributed by atoms with van der Waals surface area (Å²) in [6, 6.07) is -0.281. The van der Waals surface area contributed by atoms with E-state index in [1.807, 2.05) is 6.92 Å². The minimum Gasteiger partial charge on any atom is -0.370 e. The minimum absolute atomic E-state index is 0.0808. The van der Waals surface area contributed by atoms with Crippen LogP contribution in [-0.2, 0) is 9.15 Å². The Balaban J connectivity index is 4.09. The van der Waals surface area contributed by atoms with Gasteiger partial charge in [0.05, 0.1) is 6.04 Å². The van der Waals surface area contributed by atoms with Crippen LogP contribution in [0.15, 0.2) is 4.99 Å². The third kappa shape index (κ3) is 7.88. The van der Waals surface area contributed by atoms with Gasteiger partial charge in [-0.3, -0.25) is 4.55 Å². The van der Waals surface area contributed by atoms with Gasteiger partial charge in [-0.15, -0.1) is 0 Å². The van der Waals surface area contributed by atoms with E-state index in [0.717, 1.165) is 0 Å². The lowest BCUT2D eigenvalue weighted by Crippen LogP contribution is -2.26. The van der Waals surface area contributed by atoms with Gasteiger partial charge in [0.15, 0.2) is 5.96 Å². The van der Waals surface area contributed by atoms with Crippen molar-refractivity contribution in [2.45, 2.75) is 19.4 Å². The Morgan fingerprint density at radius 2 is 2.15 bits per heavy atom. The lowest BCUT2D eigenvalue weighted by atomic mass is 10.3. The number of nitrogens with zero attached hydrogens (tertiary/aromatic N) is 1. The number of rotatable bonds is 5. The first-order chi connectivity index (χ1) is 5.85. The maximum Gasteiger partial charge on any atom is 0.319 e. The van der Waals surface area contributed by atoms with Gasteiger partial charge in [0.1, 0.15) is 0 Å². The fourth-order valence-electron chi connectivity index (χ4n) is 0.622. The van der Waals surface area contributed by atoms with Crippen molar-refractivity contribution in [2.24, 2.45) is 16.5 Å². The van der Waals surface area contributed by atoms with Crippen molar-refractivity contribution in [3.63, 3.8) is 0 Å². The number of hydrogen-bond acceptors (Lipinski definition) is 4. The van der Waals surface area contributed by atoms with Crippen LogP contribution in [0, 0.1) is 0 Å². The summed E-state index contributed by atoms with van der Waals surface area (Å²) in [5, 5.41) is 0. The summed E-state index contributed by atoms with van der Waals surface area (Å²) < 4.78 is 29.1.